The molecular weight excluding hydrogens is 272 g/mol. The molecular formula is C19H26N2O. The van der Waals surface area contributed by atoms with Gasteiger partial charge in [-0.1, -0.05) is 30.3 Å². The number of carbonyl (C=O) groups is 1. The summed E-state index contributed by atoms with van der Waals surface area (Å²) in [7, 11) is 0. The van der Waals surface area contributed by atoms with Gasteiger partial charge in [-0.3, -0.25) is 4.79 Å². The van der Waals surface area contributed by atoms with Crippen molar-refractivity contribution in [2.45, 2.75) is 50.6 Å². The van der Waals surface area contributed by atoms with Gasteiger partial charge in [-0.05, 0) is 61.8 Å². The van der Waals surface area contributed by atoms with Crippen molar-refractivity contribution in [2.75, 3.05) is 0 Å². The minimum absolute atomic E-state index is 0.0655. The van der Waals surface area contributed by atoms with E-state index in [1.165, 1.54) is 37.7 Å². The van der Waals surface area contributed by atoms with Gasteiger partial charge < -0.3 is 11.1 Å². The molecule has 22 heavy (non-hydrogen) atoms. The smallest absolute Gasteiger partial charge is 0.225 e. The maximum atomic E-state index is 12.8. The summed E-state index contributed by atoms with van der Waals surface area (Å²) in [6, 6.07) is 10.9. The van der Waals surface area contributed by atoms with Crippen LogP contribution in [0.2, 0.25) is 0 Å². The quantitative estimate of drug-likeness (QED) is 0.877. The van der Waals surface area contributed by atoms with Crippen LogP contribution >= 0.6 is 0 Å². The Hall–Kier alpha value is -1.35. The first-order valence-electron chi connectivity index (χ1n) is 8.82. The van der Waals surface area contributed by atoms with E-state index in [1.807, 2.05) is 6.07 Å². The predicted molar refractivity (Wildman–Crippen MR) is 87.1 cm³/mol. The van der Waals surface area contributed by atoms with Crippen LogP contribution in [-0.2, 0) is 11.2 Å². The van der Waals surface area contributed by atoms with Crippen LogP contribution in [0.3, 0.4) is 0 Å². The molecule has 1 amide bonds. The van der Waals surface area contributed by atoms with Crippen LogP contribution in [0.25, 0.3) is 0 Å². The molecule has 118 valence electrons. The first-order chi connectivity index (χ1) is 10.7. The van der Waals surface area contributed by atoms with Crippen molar-refractivity contribution >= 4 is 5.91 Å². The van der Waals surface area contributed by atoms with E-state index in [0.717, 1.165) is 6.42 Å². The Morgan fingerprint density at radius 3 is 2.50 bits per heavy atom. The van der Waals surface area contributed by atoms with Crippen molar-refractivity contribution in [1.29, 1.82) is 0 Å². The van der Waals surface area contributed by atoms with Gasteiger partial charge in [0.15, 0.2) is 0 Å². The lowest BCUT2D eigenvalue weighted by Gasteiger charge is -2.29. The number of hydrogen-bond acceptors (Lipinski definition) is 2. The van der Waals surface area contributed by atoms with Crippen molar-refractivity contribution < 1.29 is 4.79 Å². The number of benzene rings is 1. The molecule has 3 saturated carbocycles. The van der Waals surface area contributed by atoms with Crippen molar-refractivity contribution in [3.63, 3.8) is 0 Å². The molecule has 3 heteroatoms. The van der Waals surface area contributed by atoms with E-state index in [9.17, 15) is 4.79 Å². The Kier molecular flexibility index (Phi) is 3.69. The van der Waals surface area contributed by atoms with E-state index < -0.39 is 0 Å². The van der Waals surface area contributed by atoms with Crippen LogP contribution in [0, 0.1) is 23.7 Å². The minimum Gasteiger partial charge on any atom is -0.352 e. The average molecular weight is 298 g/mol. The number of carbonyl (C=O) groups excluding carboxylic acids is 1. The summed E-state index contributed by atoms with van der Waals surface area (Å²) in [5.41, 5.74) is 7.64. The zero-order valence-corrected chi connectivity index (χ0v) is 13.1. The Balaban J connectivity index is 1.42. The van der Waals surface area contributed by atoms with Crippen molar-refractivity contribution in [3.05, 3.63) is 35.9 Å². The van der Waals surface area contributed by atoms with Crippen LogP contribution in [-0.4, -0.2) is 18.0 Å². The first-order valence-corrected chi connectivity index (χ1v) is 8.82. The Morgan fingerprint density at radius 2 is 1.86 bits per heavy atom. The third-order valence-corrected chi connectivity index (χ3v) is 6.10. The normalized spacial score (nSPS) is 34.6. The molecule has 3 fully saturated rings. The molecule has 0 heterocycles. The number of nitrogens with one attached hydrogen (secondary N) is 1. The Morgan fingerprint density at radius 1 is 1.14 bits per heavy atom. The molecule has 1 aromatic carbocycles. The summed E-state index contributed by atoms with van der Waals surface area (Å²) in [6.45, 7) is 0. The van der Waals surface area contributed by atoms with Gasteiger partial charge in [-0.25, -0.2) is 0 Å². The summed E-state index contributed by atoms with van der Waals surface area (Å²) >= 11 is 0. The van der Waals surface area contributed by atoms with Crippen molar-refractivity contribution in [1.82, 2.24) is 5.32 Å². The molecule has 0 saturated heterocycles. The lowest BCUT2D eigenvalue weighted by molar-refractivity contribution is -0.127. The molecule has 4 rings (SSSR count). The molecule has 3 nitrogen and oxygen atoms in total. The van der Waals surface area contributed by atoms with E-state index in [-0.39, 0.29) is 17.9 Å². The maximum absolute atomic E-state index is 12.8. The lowest BCUT2D eigenvalue weighted by Crippen LogP contribution is -2.49. The summed E-state index contributed by atoms with van der Waals surface area (Å²) in [4.78, 5) is 12.8. The van der Waals surface area contributed by atoms with E-state index in [0.29, 0.717) is 23.8 Å². The van der Waals surface area contributed by atoms with Crippen molar-refractivity contribution in [2.24, 2.45) is 29.4 Å². The number of hydrogen-bond donors (Lipinski definition) is 2. The zero-order valence-electron chi connectivity index (χ0n) is 13.1. The van der Waals surface area contributed by atoms with Crippen LogP contribution in [0.1, 0.15) is 37.7 Å². The van der Waals surface area contributed by atoms with Crippen LogP contribution in [0.5, 0.6) is 0 Å². The minimum atomic E-state index is 0.0655. The van der Waals surface area contributed by atoms with Gasteiger partial charge in [0.05, 0.1) is 5.92 Å². The standard InChI is InChI=1S/C19H26N2O/c20-18-15-9-8-14(11-15)17(18)19(22)21-16(13-6-7-13)10-12-4-2-1-3-5-12/h1-5,13-18H,6-11,20H2,(H,21,22). The van der Waals surface area contributed by atoms with E-state index in [4.69, 9.17) is 5.73 Å². The highest BCUT2D eigenvalue weighted by molar-refractivity contribution is 5.80. The lowest BCUT2D eigenvalue weighted by atomic mass is 9.84. The second kappa shape index (κ2) is 5.69. The molecule has 5 unspecified atom stereocenters. The highest BCUT2D eigenvalue weighted by Gasteiger charge is 2.49. The fraction of sp³-hybridized carbons (Fsp3) is 0.632. The summed E-state index contributed by atoms with van der Waals surface area (Å²) in [5, 5.41) is 3.37. The second-order valence-electron chi connectivity index (χ2n) is 7.58. The molecule has 3 aliphatic rings. The van der Waals surface area contributed by atoms with Gasteiger partial charge >= 0.3 is 0 Å². The highest BCUT2D eigenvalue weighted by Crippen LogP contribution is 2.48. The molecule has 0 spiro atoms. The van der Waals surface area contributed by atoms with E-state index in [2.05, 4.69) is 29.6 Å². The SMILES string of the molecule is NC1C2CCC(C2)C1C(=O)NC(Cc1ccccc1)C1CC1. The zero-order chi connectivity index (χ0) is 15.1. The van der Waals surface area contributed by atoms with Crippen LogP contribution in [0.15, 0.2) is 30.3 Å². The third-order valence-electron chi connectivity index (χ3n) is 6.10. The molecule has 1 aromatic rings. The van der Waals surface area contributed by atoms with Gasteiger partial charge in [0.2, 0.25) is 5.91 Å². The molecule has 3 aliphatic carbocycles. The Bertz CT molecular complexity index is 538. The van der Waals surface area contributed by atoms with Gasteiger partial charge in [0, 0.05) is 12.1 Å². The predicted octanol–water partition coefficient (Wildman–Crippen LogP) is 2.50. The molecule has 2 bridgehead atoms. The van der Waals surface area contributed by atoms with E-state index >= 15 is 0 Å². The number of rotatable bonds is 5. The third kappa shape index (κ3) is 2.67. The van der Waals surface area contributed by atoms with Gasteiger partial charge in [0.1, 0.15) is 0 Å². The average Bonchev–Trinajstić information content (AvgIpc) is 3.19. The number of amides is 1. The highest BCUT2D eigenvalue weighted by atomic mass is 16.2. The molecule has 0 aliphatic heterocycles. The first kappa shape index (κ1) is 14.3. The summed E-state index contributed by atoms with van der Waals surface area (Å²) in [5.74, 6) is 2.09. The summed E-state index contributed by atoms with van der Waals surface area (Å²) < 4.78 is 0. The maximum Gasteiger partial charge on any atom is 0.225 e. The van der Waals surface area contributed by atoms with Gasteiger partial charge in [-0.2, -0.15) is 0 Å². The summed E-state index contributed by atoms with van der Waals surface area (Å²) in [6.07, 6.45) is 7.05. The topological polar surface area (TPSA) is 55.1 Å². The monoisotopic (exact) mass is 298 g/mol. The van der Waals surface area contributed by atoms with Crippen molar-refractivity contribution in [3.8, 4) is 0 Å². The van der Waals surface area contributed by atoms with E-state index in [1.54, 1.807) is 0 Å². The molecule has 0 aromatic heterocycles. The fourth-order valence-electron chi connectivity index (χ4n) is 4.71. The second-order valence-corrected chi connectivity index (χ2v) is 7.58. The number of nitrogens with two attached hydrogens (primary N) is 1. The molecule has 0 radical (unpaired) electrons. The largest absolute Gasteiger partial charge is 0.352 e. The van der Waals surface area contributed by atoms with Gasteiger partial charge in [0.25, 0.3) is 0 Å². The molecule has 3 N–H and O–H groups in total. The fourth-order valence-corrected chi connectivity index (χ4v) is 4.71. The van der Waals surface area contributed by atoms with Gasteiger partial charge in [-0.15, -0.1) is 0 Å². The molecule has 5 atom stereocenters. The van der Waals surface area contributed by atoms with Crippen LogP contribution < -0.4 is 11.1 Å². The van der Waals surface area contributed by atoms with Crippen LogP contribution in [0.4, 0.5) is 0 Å². The Labute approximate surface area is 132 Å². The number of fused-ring (bicyclic) bond motifs is 2.